The molecule has 2 rings (SSSR count). The van der Waals surface area contributed by atoms with E-state index in [-0.39, 0.29) is 29.2 Å². The summed E-state index contributed by atoms with van der Waals surface area (Å²) >= 11 is 0. The second-order valence-electron chi connectivity index (χ2n) is 10.6. The van der Waals surface area contributed by atoms with Crippen molar-refractivity contribution in [2.45, 2.75) is 90.9 Å². The molecular weight excluding hydrogens is 414 g/mol. The van der Waals surface area contributed by atoms with Gasteiger partial charge in [0.25, 0.3) is 5.91 Å². The van der Waals surface area contributed by atoms with E-state index in [9.17, 15) is 24.9 Å². The lowest BCUT2D eigenvalue weighted by atomic mass is 9.76. The Balaban J connectivity index is 2.36. The first-order chi connectivity index (χ1) is 14.6. The molecule has 1 aliphatic rings. The van der Waals surface area contributed by atoms with Gasteiger partial charge in [-0.25, -0.2) is 0 Å². The molecule has 8 heteroatoms. The molecule has 1 aromatic rings. The monoisotopic (exact) mass is 451 g/mol. The Labute approximate surface area is 189 Å². The number of ether oxygens (including phenoxy) is 2. The van der Waals surface area contributed by atoms with Crippen LogP contribution in [0.1, 0.15) is 70.8 Å². The molecule has 0 bridgehead atoms. The predicted octanol–water partition coefficient (Wildman–Crippen LogP) is 2.74. The molecule has 1 aliphatic carbocycles. The minimum absolute atomic E-state index is 0.0722. The average molecular weight is 452 g/mol. The van der Waals surface area contributed by atoms with Crippen LogP contribution in [-0.2, 0) is 16.1 Å². The zero-order valence-electron chi connectivity index (χ0n) is 20.0. The Bertz CT molecular complexity index is 825. The highest BCUT2D eigenvalue weighted by Crippen LogP contribution is 2.34. The molecule has 180 valence electrons. The lowest BCUT2D eigenvalue weighted by Crippen LogP contribution is -2.53. The van der Waals surface area contributed by atoms with E-state index in [1.807, 2.05) is 41.5 Å². The fourth-order valence-corrected chi connectivity index (χ4v) is 3.62. The maximum atomic E-state index is 13.0. The van der Waals surface area contributed by atoms with Gasteiger partial charge in [0.1, 0.15) is 11.9 Å². The third kappa shape index (κ3) is 6.92. The Morgan fingerprint density at radius 1 is 1.09 bits per heavy atom. The first kappa shape index (κ1) is 26.1. The highest BCUT2D eigenvalue weighted by molar-refractivity contribution is 5.97. The number of carbonyl (C=O) groups excluding carboxylic acids is 1. The van der Waals surface area contributed by atoms with E-state index in [1.165, 1.54) is 0 Å². The average Bonchev–Trinajstić information content (AvgIpc) is 2.65. The molecule has 1 saturated carbocycles. The van der Waals surface area contributed by atoms with Crippen molar-refractivity contribution in [3.63, 3.8) is 0 Å². The van der Waals surface area contributed by atoms with Gasteiger partial charge >= 0.3 is 5.97 Å². The van der Waals surface area contributed by atoms with Crippen molar-refractivity contribution in [2.24, 2.45) is 11.8 Å². The number of nitrogens with one attached hydrogen (secondary N) is 1. The molecule has 1 aromatic carbocycles. The molecule has 1 fully saturated rings. The van der Waals surface area contributed by atoms with Crippen LogP contribution in [-0.4, -0.2) is 56.6 Å². The van der Waals surface area contributed by atoms with Gasteiger partial charge in [0.15, 0.2) is 0 Å². The molecule has 0 heterocycles. The fourth-order valence-electron chi connectivity index (χ4n) is 3.62. The number of aliphatic hydroxyl groups excluding tert-OH is 2. The van der Waals surface area contributed by atoms with Crippen molar-refractivity contribution < 1.29 is 34.4 Å². The zero-order valence-corrected chi connectivity index (χ0v) is 20.0. The summed E-state index contributed by atoms with van der Waals surface area (Å²) in [5, 5.41) is 33.2. The molecule has 32 heavy (non-hydrogen) atoms. The first-order valence-electron chi connectivity index (χ1n) is 10.9. The van der Waals surface area contributed by atoms with Gasteiger partial charge in [-0.3, -0.25) is 9.59 Å². The lowest BCUT2D eigenvalue weighted by Gasteiger charge is -2.39. The molecule has 0 unspecified atom stereocenters. The third-order valence-corrected chi connectivity index (χ3v) is 5.40. The number of carboxylic acid groups (broad SMARTS) is 1. The summed E-state index contributed by atoms with van der Waals surface area (Å²) in [5.41, 5.74) is 0.220. The van der Waals surface area contributed by atoms with Crippen molar-refractivity contribution >= 4 is 11.9 Å². The summed E-state index contributed by atoms with van der Waals surface area (Å²) in [6, 6.07) is 5.10. The van der Waals surface area contributed by atoms with Gasteiger partial charge in [-0.05, 0) is 59.2 Å². The first-order valence-corrected chi connectivity index (χ1v) is 10.9. The van der Waals surface area contributed by atoms with Crippen LogP contribution in [0.15, 0.2) is 18.2 Å². The molecule has 0 radical (unpaired) electrons. The van der Waals surface area contributed by atoms with Gasteiger partial charge in [-0.2, -0.15) is 0 Å². The number of rotatable bonds is 6. The molecule has 1 amide bonds. The lowest BCUT2D eigenvalue weighted by molar-refractivity contribution is -0.160. The van der Waals surface area contributed by atoms with Gasteiger partial charge in [0.05, 0.1) is 35.9 Å². The maximum Gasteiger partial charge on any atom is 0.309 e. The van der Waals surface area contributed by atoms with Gasteiger partial charge in [0, 0.05) is 17.9 Å². The number of benzene rings is 1. The Kier molecular flexibility index (Phi) is 7.96. The van der Waals surface area contributed by atoms with Crippen LogP contribution in [0.5, 0.6) is 5.75 Å². The molecule has 8 nitrogen and oxygen atoms in total. The van der Waals surface area contributed by atoms with Gasteiger partial charge in [-0.1, -0.05) is 13.0 Å². The Morgan fingerprint density at radius 2 is 1.72 bits per heavy atom. The van der Waals surface area contributed by atoms with E-state index < -0.39 is 41.7 Å². The molecule has 0 aromatic heterocycles. The van der Waals surface area contributed by atoms with Crippen LogP contribution in [0, 0.1) is 11.8 Å². The number of hydrogen-bond donors (Lipinski definition) is 4. The maximum absolute atomic E-state index is 13.0. The second-order valence-corrected chi connectivity index (χ2v) is 10.6. The largest absolute Gasteiger partial charge is 0.487 e. The van der Waals surface area contributed by atoms with E-state index in [1.54, 1.807) is 25.1 Å². The van der Waals surface area contributed by atoms with Gasteiger partial charge < -0.3 is 30.1 Å². The number of carbonyl (C=O) groups is 2. The highest BCUT2D eigenvalue weighted by Gasteiger charge is 2.45. The SMILES string of the molecule is C[C@@H]1[C@@H](O)[C@H](Oc2ccc(COC(C)(C)C)cc2C(=O)NC(C)(C)C)C[C@H](C(=O)O)[C@H]1O. The summed E-state index contributed by atoms with van der Waals surface area (Å²) in [6.45, 7) is 13.3. The fraction of sp³-hybridized carbons (Fsp3) is 0.667. The van der Waals surface area contributed by atoms with Crippen molar-refractivity contribution in [3.05, 3.63) is 29.3 Å². The van der Waals surface area contributed by atoms with Crippen molar-refractivity contribution in [2.75, 3.05) is 0 Å². The summed E-state index contributed by atoms with van der Waals surface area (Å²) in [6.07, 6.45) is -3.21. The normalized spacial score (nSPS) is 26.5. The van der Waals surface area contributed by atoms with Gasteiger partial charge in [0.2, 0.25) is 0 Å². The second kappa shape index (κ2) is 9.77. The van der Waals surface area contributed by atoms with E-state index in [2.05, 4.69) is 5.32 Å². The smallest absolute Gasteiger partial charge is 0.309 e. The Morgan fingerprint density at radius 3 is 2.25 bits per heavy atom. The minimum atomic E-state index is -1.18. The van der Waals surface area contributed by atoms with Gasteiger partial charge in [-0.15, -0.1) is 0 Å². The summed E-state index contributed by atoms with van der Waals surface area (Å²) in [7, 11) is 0. The minimum Gasteiger partial charge on any atom is -0.487 e. The van der Waals surface area contributed by atoms with Crippen molar-refractivity contribution in [1.82, 2.24) is 5.32 Å². The number of aliphatic hydroxyl groups is 2. The Hall–Kier alpha value is -2.16. The number of carboxylic acids is 1. The highest BCUT2D eigenvalue weighted by atomic mass is 16.5. The summed E-state index contributed by atoms with van der Waals surface area (Å²) in [4.78, 5) is 24.6. The number of hydrogen-bond acceptors (Lipinski definition) is 6. The van der Waals surface area contributed by atoms with Crippen LogP contribution in [0.2, 0.25) is 0 Å². The van der Waals surface area contributed by atoms with Crippen LogP contribution >= 0.6 is 0 Å². The van der Waals surface area contributed by atoms with Crippen molar-refractivity contribution in [1.29, 1.82) is 0 Å². The topological polar surface area (TPSA) is 125 Å². The van der Waals surface area contributed by atoms with Crippen LogP contribution in [0.4, 0.5) is 0 Å². The number of amides is 1. The third-order valence-electron chi connectivity index (χ3n) is 5.40. The molecule has 0 saturated heterocycles. The molecule has 5 atom stereocenters. The van der Waals surface area contributed by atoms with Crippen LogP contribution < -0.4 is 10.1 Å². The van der Waals surface area contributed by atoms with Crippen LogP contribution in [0.3, 0.4) is 0 Å². The van der Waals surface area contributed by atoms with E-state index in [0.29, 0.717) is 6.61 Å². The van der Waals surface area contributed by atoms with Crippen molar-refractivity contribution in [3.8, 4) is 5.75 Å². The molecule has 0 spiro atoms. The number of aliphatic carboxylic acids is 1. The molecule has 4 N–H and O–H groups in total. The van der Waals surface area contributed by atoms with E-state index >= 15 is 0 Å². The van der Waals surface area contributed by atoms with E-state index in [4.69, 9.17) is 9.47 Å². The molecular formula is C24H37NO7. The van der Waals surface area contributed by atoms with E-state index in [0.717, 1.165) is 5.56 Å². The quantitative estimate of drug-likeness (QED) is 0.524. The summed E-state index contributed by atoms with van der Waals surface area (Å²) in [5.74, 6) is -3.02. The summed E-state index contributed by atoms with van der Waals surface area (Å²) < 4.78 is 11.8. The standard InChI is InChI=1S/C24H37NO7/c1-13-19(26)16(22(29)30)11-18(20(13)27)32-17-9-8-14(12-31-24(5,6)7)10-15(17)21(28)25-23(2,3)4/h8-10,13,16,18-20,26-27H,11-12H2,1-7H3,(H,25,28)(H,29,30)/t13-,16-,18+,19-,20+/m0/s1. The predicted molar refractivity (Wildman–Crippen MR) is 120 cm³/mol. The zero-order chi connectivity index (χ0) is 24.4. The van der Waals surface area contributed by atoms with Crippen LogP contribution in [0.25, 0.3) is 0 Å². The molecule has 0 aliphatic heterocycles.